The highest BCUT2D eigenvalue weighted by molar-refractivity contribution is 6.36. The van der Waals surface area contributed by atoms with Gasteiger partial charge >= 0.3 is 5.97 Å². The number of carboxylic acid groups (broad SMARTS) is 1. The zero-order valence-corrected chi connectivity index (χ0v) is 11.6. The number of rotatable bonds is 3. The van der Waals surface area contributed by atoms with Crippen molar-refractivity contribution in [3.63, 3.8) is 0 Å². The normalized spacial score (nSPS) is 10.9. The third-order valence-corrected chi connectivity index (χ3v) is 3.20. The van der Waals surface area contributed by atoms with Crippen LogP contribution in [0.15, 0.2) is 42.5 Å². The zero-order chi connectivity index (χ0) is 14.7. The second-order valence-corrected chi connectivity index (χ2v) is 4.84. The Morgan fingerprint density at radius 3 is 2.60 bits per heavy atom. The van der Waals surface area contributed by atoms with Crippen molar-refractivity contribution in [2.45, 2.75) is 0 Å². The molecule has 0 amide bonds. The van der Waals surface area contributed by atoms with Crippen molar-refractivity contribution in [2.24, 2.45) is 0 Å². The average Bonchev–Trinajstić information content (AvgIpc) is 2.37. The number of carbonyl (C=O) groups is 1. The minimum absolute atomic E-state index is 0.242. The van der Waals surface area contributed by atoms with Crippen molar-refractivity contribution in [1.82, 2.24) is 0 Å². The minimum atomic E-state index is -1.11. The predicted molar refractivity (Wildman–Crippen MR) is 78.5 cm³/mol. The van der Waals surface area contributed by atoms with Crippen LogP contribution >= 0.6 is 23.2 Å². The largest absolute Gasteiger partial charge is 0.478 e. The Labute approximate surface area is 125 Å². The molecule has 0 radical (unpaired) electrons. The molecule has 0 heterocycles. The van der Waals surface area contributed by atoms with Crippen LogP contribution in [0.25, 0.3) is 17.2 Å². The van der Waals surface area contributed by atoms with Crippen LogP contribution in [-0.2, 0) is 4.79 Å². The molecule has 0 spiro atoms. The summed E-state index contributed by atoms with van der Waals surface area (Å²) < 4.78 is 14.1. The molecule has 0 aliphatic carbocycles. The summed E-state index contributed by atoms with van der Waals surface area (Å²) in [4.78, 5) is 10.6. The van der Waals surface area contributed by atoms with Crippen LogP contribution in [0.1, 0.15) is 5.56 Å². The maximum absolute atomic E-state index is 14.1. The molecule has 2 aromatic rings. The van der Waals surface area contributed by atoms with Gasteiger partial charge in [-0.2, -0.15) is 0 Å². The van der Waals surface area contributed by atoms with Crippen LogP contribution in [0, 0.1) is 5.82 Å². The molecule has 2 aromatic carbocycles. The smallest absolute Gasteiger partial charge is 0.328 e. The summed E-state index contributed by atoms with van der Waals surface area (Å²) in [7, 11) is 0. The number of carboxylic acids is 1. The molecule has 5 heteroatoms. The molecule has 0 aliphatic heterocycles. The van der Waals surface area contributed by atoms with Crippen molar-refractivity contribution >= 4 is 35.2 Å². The van der Waals surface area contributed by atoms with Crippen LogP contribution in [0.3, 0.4) is 0 Å². The molecule has 2 nitrogen and oxygen atoms in total. The standard InChI is InChI=1S/C15H9Cl2FO2/c16-10-5-6-11(12(17)8-10)15-9(4-7-14(19)20)2-1-3-13(15)18/h1-8H,(H,19,20)/b7-4+. The van der Waals surface area contributed by atoms with Gasteiger partial charge < -0.3 is 5.11 Å². The number of benzene rings is 2. The highest BCUT2D eigenvalue weighted by Gasteiger charge is 2.13. The van der Waals surface area contributed by atoms with E-state index in [0.717, 1.165) is 6.08 Å². The highest BCUT2D eigenvalue weighted by Crippen LogP contribution is 2.34. The monoisotopic (exact) mass is 310 g/mol. The quantitative estimate of drug-likeness (QED) is 0.819. The maximum atomic E-state index is 14.1. The molecule has 0 fully saturated rings. The fraction of sp³-hybridized carbons (Fsp3) is 0. The topological polar surface area (TPSA) is 37.3 Å². The molecule has 20 heavy (non-hydrogen) atoms. The van der Waals surface area contributed by atoms with E-state index in [1.165, 1.54) is 24.3 Å². The summed E-state index contributed by atoms with van der Waals surface area (Å²) in [5, 5.41) is 9.41. The Balaban J connectivity index is 2.63. The summed E-state index contributed by atoms with van der Waals surface area (Å²) in [5.74, 6) is -1.59. The second kappa shape index (κ2) is 6.07. The van der Waals surface area contributed by atoms with Gasteiger partial charge in [-0.05, 0) is 29.8 Å². The van der Waals surface area contributed by atoms with Gasteiger partial charge in [-0.1, -0.05) is 41.4 Å². The number of hydrogen-bond donors (Lipinski definition) is 1. The second-order valence-electron chi connectivity index (χ2n) is 4.00. The summed E-state index contributed by atoms with van der Waals surface area (Å²) in [5.41, 5.74) is 1.13. The van der Waals surface area contributed by atoms with E-state index in [9.17, 15) is 9.18 Å². The van der Waals surface area contributed by atoms with Crippen LogP contribution in [0.4, 0.5) is 4.39 Å². The molecule has 2 rings (SSSR count). The Morgan fingerprint density at radius 2 is 1.95 bits per heavy atom. The van der Waals surface area contributed by atoms with Gasteiger partial charge in [0.2, 0.25) is 0 Å². The lowest BCUT2D eigenvalue weighted by Gasteiger charge is -2.10. The zero-order valence-electron chi connectivity index (χ0n) is 10.1. The molecule has 0 atom stereocenters. The highest BCUT2D eigenvalue weighted by atomic mass is 35.5. The first-order valence-corrected chi connectivity index (χ1v) is 6.39. The van der Waals surface area contributed by atoms with Gasteiger partial charge in [0.15, 0.2) is 0 Å². The number of halogens is 3. The van der Waals surface area contributed by atoms with Crippen molar-refractivity contribution < 1.29 is 14.3 Å². The van der Waals surface area contributed by atoms with E-state index in [1.54, 1.807) is 18.2 Å². The van der Waals surface area contributed by atoms with Crippen molar-refractivity contribution in [3.05, 3.63) is 63.9 Å². The summed E-state index contributed by atoms with van der Waals surface area (Å²) in [6.45, 7) is 0. The lowest BCUT2D eigenvalue weighted by molar-refractivity contribution is -0.131. The summed E-state index contributed by atoms with van der Waals surface area (Å²) >= 11 is 11.9. The van der Waals surface area contributed by atoms with E-state index < -0.39 is 11.8 Å². The first kappa shape index (κ1) is 14.6. The molecular formula is C15H9Cl2FO2. The first-order valence-electron chi connectivity index (χ1n) is 5.64. The van der Waals surface area contributed by atoms with Crippen molar-refractivity contribution in [3.8, 4) is 11.1 Å². The number of hydrogen-bond acceptors (Lipinski definition) is 1. The summed E-state index contributed by atoms with van der Waals surface area (Å²) in [6, 6.07) is 9.11. The third-order valence-electron chi connectivity index (χ3n) is 2.65. The van der Waals surface area contributed by atoms with E-state index in [4.69, 9.17) is 28.3 Å². The Kier molecular flexibility index (Phi) is 4.42. The fourth-order valence-electron chi connectivity index (χ4n) is 1.82. The van der Waals surface area contributed by atoms with E-state index >= 15 is 0 Å². The van der Waals surface area contributed by atoms with Gasteiger partial charge in [0.1, 0.15) is 5.82 Å². The molecule has 0 bridgehead atoms. The van der Waals surface area contributed by atoms with Gasteiger partial charge in [-0.3, -0.25) is 0 Å². The van der Waals surface area contributed by atoms with Crippen molar-refractivity contribution in [1.29, 1.82) is 0 Å². The van der Waals surface area contributed by atoms with Crippen molar-refractivity contribution in [2.75, 3.05) is 0 Å². The van der Waals surface area contributed by atoms with Crippen LogP contribution in [-0.4, -0.2) is 11.1 Å². The van der Waals surface area contributed by atoms with E-state index in [-0.39, 0.29) is 5.56 Å². The Bertz CT molecular complexity index is 696. The van der Waals surface area contributed by atoms with Gasteiger partial charge in [0.05, 0.1) is 0 Å². The molecule has 0 unspecified atom stereocenters. The lowest BCUT2D eigenvalue weighted by Crippen LogP contribution is -1.91. The molecule has 1 N–H and O–H groups in total. The third kappa shape index (κ3) is 3.18. The van der Waals surface area contributed by atoms with Crippen LogP contribution in [0.2, 0.25) is 10.0 Å². The molecular weight excluding hydrogens is 302 g/mol. The van der Waals surface area contributed by atoms with Gasteiger partial charge in [-0.25, -0.2) is 9.18 Å². The van der Waals surface area contributed by atoms with Gasteiger partial charge in [0, 0.05) is 27.2 Å². The van der Waals surface area contributed by atoms with E-state index in [0.29, 0.717) is 21.2 Å². The predicted octanol–water partition coefficient (Wildman–Crippen LogP) is 4.90. The van der Waals surface area contributed by atoms with Crippen LogP contribution < -0.4 is 0 Å². The maximum Gasteiger partial charge on any atom is 0.328 e. The SMILES string of the molecule is O=C(O)/C=C/c1cccc(F)c1-c1ccc(Cl)cc1Cl. The van der Waals surface area contributed by atoms with Gasteiger partial charge in [-0.15, -0.1) is 0 Å². The first-order chi connectivity index (χ1) is 9.49. The molecule has 0 aliphatic rings. The molecule has 0 aromatic heterocycles. The lowest BCUT2D eigenvalue weighted by atomic mass is 9.98. The van der Waals surface area contributed by atoms with E-state index in [1.807, 2.05) is 0 Å². The Morgan fingerprint density at radius 1 is 1.20 bits per heavy atom. The van der Waals surface area contributed by atoms with Gasteiger partial charge in [0.25, 0.3) is 0 Å². The fourth-order valence-corrected chi connectivity index (χ4v) is 2.32. The summed E-state index contributed by atoms with van der Waals surface area (Å²) in [6.07, 6.45) is 2.27. The Hall–Kier alpha value is -1.84. The molecule has 0 saturated heterocycles. The number of aliphatic carboxylic acids is 1. The molecule has 102 valence electrons. The average molecular weight is 311 g/mol. The minimum Gasteiger partial charge on any atom is -0.478 e. The molecule has 0 saturated carbocycles. The van der Waals surface area contributed by atoms with E-state index in [2.05, 4.69) is 0 Å². The van der Waals surface area contributed by atoms with Crippen LogP contribution in [0.5, 0.6) is 0 Å².